The molecule has 34 heavy (non-hydrogen) atoms. The molecule has 3 aromatic rings. The Bertz CT molecular complexity index is 1160. The highest BCUT2D eigenvalue weighted by atomic mass is 19.4. The van der Waals surface area contributed by atoms with E-state index in [1.807, 2.05) is 13.0 Å². The van der Waals surface area contributed by atoms with E-state index in [0.29, 0.717) is 17.2 Å². The van der Waals surface area contributed by atoms with Crippen molar-refractivity contribution in [1.29, 1.82) is 0 Å². The number of anilines is 3. The van der Waals surface area contributed by atoms with E-state index in [2.05, 4.69) is 4.98 Å². The summed E-state index contributed by atoms with van der Waals surface area (Å²) in [5.41, 5.74) is 0.966. The maximum atomic E-state index is 13.4. The minimum Gasteiger partial charge on any atom is -0.382 e. The molecule has 0 spiro atoms. The number of para-hydroxylation sites is 2. The normalized spacial score (nSPS) is 17.5. The van der Waals surface area contributed by atoms with Crippen LogP contribution in [0.5, 0.6) is 0 Å². The van der Waals surface area contributed by atoms with Crippen LogP contribution in [0.3, 0.4) is 0 Å². The number of pyridine rings is 1. The number of hydrogen-bond donors (Lipinski definition) is 1. The Morgan fingerprint density at radius 3 is 2.32 bits per heavy atom. The summed E-state index contributed by atoms with van der Waals surface area (Å²) >= 11 is 0. The number of aromatic nitrogens is 1. The van der Waals surface area contributed by atoms with Gasteiger partial charge in [0.05, 0.1) is 29.5 Å². The monoisotopic (exact) mass is 481 g/mol. The van der Waals surface area contributed by atoms with Gasteiger partial charge in [-0.15, -0.1) is 0 Å². The van der Waals surface area contributed by atoms with Gasteiger partial charge in [0.25, 0.3) is 0 Å². The van der Waals surface area contributed by atoms with Crippen molar-refractivity contribution in [2.24, 2.45) is 0 Å². The first-order chi connectivity index (χ1) is 16.0. The number of rotatable bonds is 4. The second-order valence-corrected chi connectivity index (χ2v) is 8.09. The van der Waals surface area contributed by atoms with Gasteiger partial charge in [-0.05, 0) is 48.4 Å². The lowest BCUT2D eigenvalue weighted by Crippen LogP contribution is -2.48. The van der Waals surface area contributed by atoms with Gasteiger partial charge in [-0.25, -0.2) is 4.98 Å². The van der Waals surface area contributed by atoms with E-state index >= 15 is 0 Å². The number of aryl methyl sites for hydroxylation is 1. The molecule has 10 heteroatoms. The molecule has 1 aromatic heterocycles. The molecule has 1 aliphatic rings. The third-order valence-electron chi connectivity index (χ3n) is 5.80. The van der Waals surface area contributed by atoms with Gasteiger partial charge in [0.2, 0.25) is 0 Å². The molecule has 0 fully saturated rings. The van der Waals surface area contributed by atoms with E-state index in [-0.39, 0.29) is 12.1 Å². The number of aliphatic hydroxyl groups is 1. The van der Waals surface area contributed by atoms with E-state index in [1.54, 1.807) is 41.4 Å². The van der Waals surface area contributed by atoms with E-state index in [1.165, 1.54) is 17.0 Å². The van der Waals surface area contributed by atoms with Gasteiger partial charge in [0.1, 0.15) is 5.82 Å². The van der Waals surface area contributed by atoms with Crippen LogP contribution in [0.15, 0.2) is 66.9 Å². The third-order valence-corrected chi connectivity index (χ3v) is 5.80. The van der Waals surface area contributed by atoms with Crippen molar-refractivity contribution < 1.29 is 31.4 Å². The molecule has 2 atom stereocenters. The lowest BCUT2D eigenvalue weighted by molar-refractivity contribution is -0.200. The van der Waals surface area contributed by atoms with Crippen LogP contribution < -0.4 is 9.80 Å². The quantitative estimate of drug-likeness (QED) is 0.462. The van der Waals surface area contributed by atoms with Crippen molar-refractivity contribution in [2.75, 3.05) is 22.9 Å². The second kappa shape index (κ2) is 8.83. The first-order valence-corrected chi connectivity index (χ1v) is 10.4. The van der Waals surface area contributed by atoms with Gasteiger partial charge in [-0.1, -0.05) is 30.3 Å². The molecule has 2 heterocycles. The lowest BCUT2D eigenvalue weighted by Gasteiger charge is -2.45. The van der Waals surface area contributed by atoms with Crippen LogP contribution in [-0.4, -0.2) is 35.5 Å². The molecular formula is C24H21F6N3O. The molecule has 4 rings (SSSR count). The van der Waals surface area contributed by atoms with Crippen molar-refractivity contribution in [3.63, 3.8) is 0 Å². The fourth-order valence-corrected chi connectivity index (χ4v) is 4.16. The van der Waals surface area contributed by atoms with Crippen molar-refractivity contribution in [3.05, 3.63) is 83.6 Å². The molecule has 0 aliphatic carbocycles. The molecule has 2 aromatic carbocycles. The summed E-state index contributed by atoms with van der Waals surface area (Å²) in [6, 6.07) is 13.8. The van der Waals surface area contributed by atoms with Gasteiger partial charge in [-0.2, -0.15) is 26.3 Å². The largest absolute Gasteiger partial charge is 0.416 e. The van der Waals surface area contributed by atoms with Crippen LogP contribution in [-0.2, 0) is 6.18 Å². The van der Waals surface area contributed by atoms with Crippen LogP contribution >= 0.6 is 0 Å². The Balaban J connectivity index is 1.87. The van der Waals surface area contributed by atoms with Gasteiger partial charge < -0.3 is 14.9 Å². The molecule has 0 radical (unpaired) electrons. The van der Waals surface area contributed by atoms with Crippen LogP contribution in [0.2, 0.25) is 0 Å². The summed E-state index contributed by atoms with van der Waals surface area (Å²) in [7, 11) is 0. The Morgan fingerprint density at radius 2 is 1.68 bits per heavy atom. The van der Waals surface area contributed by atoms with Crippen LogP contribution in [0.4, 0.5) is 43.5 Å². The summed E-state index contributed by atoms with van der Waals surface area (Å²) in [5.74, 6) is 0.544. The standard InChI is InChI=1S/C24H21F6N3O/c1-15-6-5-11-31-22(15)33-13-20(16-7-4-8-17(12-16)23(25,26)27)32(14-21(34)24(28,29)30)18-9-2-3-10-19(18)33/h2-12,20-21,34H,13-14H2,1H3/t20-,21+/m0/s1. The van der Waals surface area contributed by atoms with Gasteiger partial charge >= 0.3 is 12.4 Å². The molecule has 0 saturated heterocycles. The zero-order chi connectivity index (χ0) is 24.7. The highest BCUT2D eigenvalue weighted by molar-refractivity contribution is 5.80. The molecule has 0 unspecified atom stereocenters. The Morgan fingerprint density at radius 1 is 0.971 bits per heavy atom. The molecule has 1 aliphatic heterocycles. The number of benzene rings is 2. The maximum Gasteiger partial charge on any atom is 0.416 e. The fraction of sp³-hybridized carbons (Fsp3) is 0.292. The molecule has 180 valence electrons. The van der Waals surface area contributed by atoms with Crippen molar-refractivity contribution in [1.82, 2.24) is 4.98 Å². The lowest BCUT2D eigenvalue weighted by atomic mass is 9.96. The highest BCUT2D eigenvalue weighted by Gasteiger charge is 2.43. The average molecular weight is 481 g/mol. The number of halogens is 6. The average Bonchev–Trinajstić information content (AvgIpc) is 2.78. The zero-order valence-electron chi connectivity index (χ0n) is 18.0. The summed E-state index contributed by atoms with van der Waals surface area (Å²) in [5, 5.41) is 9.87. The summed E-state index contributed by atoms with van der Waals surface area (Å²) in [6.45, 7) is 1.02. The first kappa shape index (κ1) is 23.9. The predicted molar refractivity (Wildman–Crippen MR) is 116 cm³/mol. The predicted octanol–water partition coefficient (Wildman–Crippen LogP) is 6.03. The van der Waals surface area contributed by atoms with Crippen LogP contribution in [0, 0.1) is 6.92 Å². The van der Waals surface area contributed by atoms with E-state index in [9.17, 15) is 31.4 Å². The first-order valence-electron chi connectivity index (χ1n) is 10.4. The van der Waals surface area contributed by atoms with Crippen molar-refractivity contribution in [3.8, 4) is 0 Å². The highest BCUT2D eigenvalue weighted by Crippen LogP contribution is 2.45. The minimum absolute atomic E-state index is 0.0285. The smallest absolute Gasteiger partial charge is 0.382 e. The summed E-state index contributed by atoms with van der Waals surface area (Å²) in [4.78, 5) is 7.51. The number of alkyl halides is 6. The fourth-order valence-electron chi connectivity index (χ4n) is 4.16. The Hall–Kier alpha value is -3.27. The molecule has 0 saturated carbocycles. The van der Waals surface area contributed by atoms with Crippen molar-refractivity contribution in [2.45, 2.75) is 31.4 Å². The number of aliphatic hydroxyl groups excluding tert-OH is 1. The van der Waals surface area contributed by atoms with Gasteiger partial charge in [0.15, 0.2) is 6.10 Å². The Kier molecular flexibility index (Phi) is 6.20. The van der Waals surface area contributed by atoms with E-state index in [0.717, 1.165) is 17.7 Å². The summed E-state index contributed by atoms with van der Waals surface area (Å²) in [6.07, 6.45) is -10.6. The number of nitrogens with zero attached hydrogens (tertiary/aromatic N) is 3. The SMILES string of the molecule is Cc1cccnc1N1C[C@@H](c2cccc(C(F)(F)F)c2)N(C[C@@H](O)C(F)(F)F)c2ccccc21. The Labute approximate surface area is 192 Å². The van der Waals surface area contributed by atoms with Gasteiger partial charge in [-0.3, -0.25) is 0 Å². The van der Waals surface area contributed by atoms with Gasteiger partial charge in [0, 0.05) is 12.7 Å². The number of hydrogen-bond acceptors (Lipinski definition) is 4. The van der Waals surface area contributed by atoms with Crippen LogP contribution in [0.1, 0.15) is 22.7 Å². The minimum atomic E-state index is -4.89. The van der Waals surface area contributed by atoms with Crippen LogP contribution in [0.25, 0.3) is 0 Å². The molecule has 4 nitrogen and oxygen atoms in total. The second-order valence-electron chi connectivity index (χ2n) is 8.09. The molecular weight excluding hydrogens is 460 g/mol. The summed E-state index contributed by atoms with van der Waals surface area (Å²) < 4.78 is 80.1. The zero-order valence-corrected chi connectivity index (χ0v) is 18.0. The topological polar surface area (TPSA) is 39.6 Å². The number of fused-ring (bicyclic) bond motifs is 1. The molecule has 1 N–H and O–H groups in total. The van der Waals surface area contributed by atoms with E-state index in [4.69, 9.17) is 0 Å². The number of β-amino-alcohol motifs (C(OH)–C–C–N with tert-alkyl or cyclic N) is 1. The van der Waals surface area contributed by atoms with Crippen molar-refractivity contribution >= 4 is 17.2 Å². The van der Waals surface area contributed by atoms with E-state index < -0.39 is 36.6 Å². The maximum absolute atomic E-state index is 13.4. The molecule has 0 bridgehead atoms. The third kappa shape index (κ3) is 4.68. The molecule has 0 amide bonds.